The van der Waals surface area contributed by atoms with Gasteiger partial charge in [0.1, 0.15) is 12.4 Å². The van der Waals surface area contributed by atoms with Crippen molar-refractivity contribution in [2.45, 2.75) is 39.4 Å². The van der Waals surface area contributed by atoms with Gasteiger partial charge in [-0.25, -0.2) is 0 Å². The molecule has 0 spiro atoms. The van der Waals surface area contributed by atoms with Crippen LogP contribution in [0.25, 0.3) is 0 Å². The van der Waals surface area contributed by atoms with Crippen LogP contribution in [0.5, 0.6) is 5.75 Å². The largest absolute Gasteiger partial charge is 0.486 e. The number of hydrogen-bond donors (Lipinski definition) is 1. The van der Waals surface area contributed by atoms with Crippen molar-refractivity contribution in [1.82, 2.24) is 10.2 Å². The molecule has 1 fully saturated rings. The number of nitrogens with zero attached hydrogens (tertiary/aromatic N) is 2. The third-order valence-electron chi connectivity index (χ3n) is 3.53. The van der Waals surface area contributed by atoms with E-state index in [1.165, 1.54) is 22.5 Å². The van der Waals surface area contributed by atoms with E-state index in [1.54, 1.807) is 0 Å². The van der Waals surface area contributed by atoms with Crippen molar-refractivity contribution in [2.75, 3.05) is 18.5 Å². The van der Waals surface area contributed by atoms with Crippen molar-refractivity contribution >= 4 is 16.5 Å². The van der Waals surface area contributed by atoms with Crippen LogP contribution in [0.15, 0.2) is 18.2 Å². The zero-order chi connectivity index (χ0) is 15.4. The summed E-state index contributed by atoms with van der Waals surface area (Å²) in [5, 5.41) is 13.3. The van der Waals surface area contributed by atoms with Crippen molar-refractivity contribution in [2.24, 2.45) is 0 Å². The molecule has 0 radical (unpaired) electrons. The summed E-state index contributed by atoms with van der Waals surface area (Å²) in [5.41, 5.74) is 2.40. The highest BCUT2D eigenvalue weighted by Crippen LogP contribution is 2.21. The molecule has 1 aliphatic heterocycles. The molecule has 0 aliphatic carbocycles. The predicted molar refractivity (Wildman–Crippen MR) is 87.6 cm³/mol. The fourth-order valence-electron chi connectivity index (χ4n) is 2.55. The summed E-state index contributed by atoms with van der Waals surface area (Å²) < 4.78 is 11.4. The van der Waals surface area contributed by atoms with E-state index in [4.69, 9.17) is 9.47 Å². The topological polar surface area (TPSA) is 56.3 Å². The minimum Gasteiger partial charge on any atom is -0.486 e. The monoisotopic (exact) mass is 319 g/mol. The number of hydrogen-bond acceptors (Lipinski definition) is 6. The molecule has 1 unspecified atom stereocenters. The maximum Gasteiger partial charge on any atom is 0.205 e. The molecule has 1 saturated heterocycles. The summed E-state index contributed by atoms with van der Waals surface area (Å²) in [6.45, 7) is 6.25. The fourth-order valence-corrected chi connectivity index (χ4v) is 3.21. The summed E-state index contributed by atoms with van der Waals surface area (Å²) in [6.07, 6.45) is 2.57. The molecule has 1 aromatic carbocycles. The van der Waals surface area contributed by atoms with E-state index in [2.05, 4.69) is 35.4 Å². The first-order valence-electron chi connectivity index (χ1n) is 7.58. The second kappa shape index (κ2) is 7.07. The van der Waals surface area contributed by atoms with E-state index in [0.29, 0.717) is 12.7 Å². The van der Waals surface area contributed by atoms with Gasteiger partial charge in [0.25, 0.3) is 0 Å². The Morgan fingerprint density at radius 1 is 1.27 bits per heavy atom. The summed E-state index contributed by atoms with van der Waals surface area (Å²) in [6, 6.07) is 6.19. The zero-order valence-electron chi connectivity index (χ0n) is 13.0. The van der Waals surface area contributed by atoms with E-state index >= 15 is 0 Å². The lowest BCUT2D eigenvalue weighted by Crippen LogP contribution is -2.18. The minimum atomic E-state index is 0.305. The van der Waals surface area contributed by atoms with Crippen LogP contribution in [0.3, 0.4) is 0 Å². The number of aromatic nitrogens is 2. The van der Waals surface area contributed by atoms with Crippen LogP contribution in [-0.4, -0.2) is 29.5 Å². The maximum absolute atomic E-state index is 5.80. The SMILES string of the molecule is Cc1cc(C)cc(OCc2nnc(NCC3CCCO3)s2)c1. The molecule has 22 heavy (non-hydrogen) atoms. The molecule has 3 rings (SSSR count). The molecule has 2 heterocycles. The van der Waals surface area contributed by atoms with Crippen molar-refractivity contribution in [3.05, 3.63) is 34.3 Å². The summed E-state index contributed by atoms with van der Waals surface area (Å²) in [7, 11) is 0. The first kappa shape index (κ1) is 15.2. The van der Waals surface area contributed by atoms with E-state index in [0.717, 1.165) is 41.9 Å². The first-order chi connectivity index (χ1) is 10.7. The molecule has 0 amide bonds. The Hall–Kier alpha value is -1.66. The molecule has 6 heteroatoms. The summed E-state index contributed by atoms with van der Waals surface area (Å²) in [5.74, 6) is 0.876. The lowest BCUT2D eigenvalue weighted by atomic mass is 10.1. The van der Waals surface area contributed by atoms with Gasteiger partial charge >= 0.3 is 0 Å². The maximum atomic E-state index is 5.80. The molecule has 118 valence electrons. The van der Waals surface area contributed by atoms with E-state index in [9.17, 15) is 0 Å². The molecular weight excluding hydrogens is 298 g/mol. The van der Waals surface area contributed by atoms with Crippen LogP contribution in [0.2, 0.25) is 0 Å². The van der Waals surface area contributed by atoms with Crippen molar-refractivity contribution in [1.29, 1.82) is 0 Å². The predicted octanol–water partition coefficient (Wildman–Crippen LogP) is 3.32. The Morgan fingerprint density at radius 2 is 2.09 bits per heavy atom. The molecule has 1 atom stereocenters. The Balaban J connectivity index is 1.50. The Bertz CT molecular complexity index is 603. The standard InChI is InChI=1S/C16H21N3O2S/c1-11-6-12(2)8-14(7-11)21-10-15-18-19-16(22-15)17-9-13-4-3-5-20-13/h6-8,13H,3-5,9-10H2,1-2H3,(H,17,19). The van der Waals surface area contributed by atoms with Crippen LogP contribution >= 0.6 is 11.3 Å². The van der Waals surface area contributed by atoms with Crippen LogP contribution in [-0.2, 0) is 11.3 Å². The zero-order valence-corrected chi connectivity index (χ0v) is 13.8. The van der Waals surface area contributed by atoms with Gasteiger partial charge in [0.05, 0.1) is 6.10 Å². The molecule has 1 aromatic heterocycles. The lowest BCUT2D eigenvalue weighted by Gasteiger charge is -2.08. The fraction of sp³-hybridized carbons (Fsp3) is 0.500. The van der Waals surface area contributed by atoms with Gasteiger partial charge in [0.15, 0.2) is 5.01 Å². The number of anilines is 1. The van der Waals surface area contributed by atoms with E-state index in [-0.39, 0.29) is 0 Å². The summed E-state index contributed by atoms with van der Waals surface area (Å²) in [4.78, 5) is 0. The van der Waals surface area contributed by atoms with Crippen molar-refractivity contribution < 1.29 is 9.47 Å². The average Bonchev–Trinajstić information content (AvgIpc) is 3.13. The van der Waals surface area contributed by atoms with Gasteiger partial charge in [0, 0.05) is 13.2 Å². The molecule has 5 nitrogen and oxygen atoms in total. The van der Waals surface area contributed by atoms with Crippen LogP contribution < -0.4 is 10.1 Å². The Labute approximate surface area is 134 Å². The highest BCUT2D eigenvalue weighted by atomic mass is 32.1. The van der Waals surface area contributed by atoms with Crippen LogP contribution in [0.1, 0.15) is 29.0 Å². The number of rotatable bonds is 6. The highest BCUT2D eigenvalue weighted by molar-refractivity contribution is 7.15. The van der Waals surface area contributed by atoms with Crippen molar-refractivity contribution in [3.8, 4) is 5.75 Å². The average molecular weight is 319 g/mol. The third kappa shape index (κ3) is 4.18. The van der Waals surface area contributed by atoms with Crippen LogP contribution in [0, 0.1) is 13.8 Å². The molecule has 2 aromatic rings. The number of ether oxygens (including phenoxy) is 2. The second-order valence-electron chi connectivity index (χ2n) is 5.63. The van der Waals surface area contributed by atoms with Gasteiger partial charge < -0.3 is 14.8 Å². The van der Waals surface area contributed by atoms with E-state index in [1.807, 2.05) is 12.1 Å². The Kier molecular flexibility index (Phi) is 4.90. The minimum absolute atomic E-state index is 0.305. The Morgan fingerprint density at radius 3 is 2.82 bits per heavy atom. The highest BCUT2D eigenvalue weighted by Gasteiger charge is 2.15. The normalized spacial score (nSPS) is 17.6. The number of benzene rings is 1. The molecular formula is C16H21N3O2S. The smallest absolute Gasteiger partial charge is 0.205 e. The van der Waals surface area contributed by atoms with Crippen molar-refractivity contribution in [3.63, 3.8) is 0 Å². The first-order valence-corrected chi connectivity index (χ1v) is 8.39. The van der Waals surface area contributed by atoms with Crippen LogP contribution in [0.4, 0.5) is 5.13 Å². The molecule has 0 saturated carbocycles. The lowest BCUT2D eigenvalue weighted by molar-refractivity contribution is 0.120. The molecule has 1 aliphatic rings. The van der Waals surface area contributed by atoms with Gasteiger partial charge in [-0.05, 0) is 49.9 Å². The third-order valence-corrected chi connectivity index (χ3v) is 4.38. The molecule has 0 bridgehead atoms. The van der Waals surface area contributed by atoms with Gasteiger partial charge in [-0.2, -0.15) is 0 Å². The second-order valence-corrected chi connectivity index (χ2v) is 6.69. The van der Waals surface area contributed by atoms with E-state index < -0.39 is 0 Å². The molecule has 1 N–H and O–H groups in total. The van der Waals surface area contributed by atoms with Gasteiger partial charge in [0.2, 0.25) is 5.13 Å². The van der Waals surface area contributed by atoms with Gasteiger partial charge in [-0.1, -0.05) is 17.4 Å². The quantitative estimate of drug-likeness (QED) is 0.885. The number of nitrogens with one attached hydrogen (secondary N) is 1. The summed E-state index contributed by atoms with van der Waals surface area (Å²) >= 11 is 1.53. The number of aryl methyl sites for hydroxylation is 2. The van der Waals surface area contributed by atoms with Gasteiger partial charge in [-0.15, -0.1) is 10.2 Å². The van der Waals surface area contributed by atoms with Gasteiger partial charge in [-0.3, -0.25) is 0 Å².